The maximum Gasteiger partial charge on any atom is 0.0773 e. The summed E-state index contributed by atoms with van der Waals surface area (Å²) in [7, 11) is 1.96. The van der Waals surface area contributed by atoms with Crippen molar-refractivity contribution in [3.63, 3.8) is 0 Å². The van der Waals surface area contributed by atoms with Gasteiger partial charge >= 0.3 is 0 Å². The van der Waals surface area contributed by atoms with Crippen molar-refractivity contribution in [1.82, 2.24) is 21.5 Å². The molecule has 1 rings (SSSR count). The van der Waals surface area contributed by atoms with Gasteiger partial charge < -0.3 is 5.32 Å². The van der Waals surface area contributed by atoms with Crippen LogP contribution in [-0.2, 0) is 0 Å². The summed E-state index contributed by atoms with van der Waals surface area (Å²) < 4.78 is 0. The van der Waals surface area contributed by atoms with Gasteiger partial charge in [0.05, 0.1) is 12.3 Å². The highest BCUT2D eigenvalue weighted by Gasteiger charge is 2.10. The molecule has 2 atom stereocenters. The molecule has 1 aliphatic heterocycles. The molecule has 0 spiro atoms. The largest absolute Gasteiger partial charge is 0.302 e. The fourth-order valence-electron chi connectivity index (χ4n) is 1.72. The summed E-state index contributed by atoms with van der Waals surface area (Å²) in [5.74, 6) is 0. The molecule has 0 aromatic rings. The summed E-state index contributed by atoms with van der Waals surface area (Å²) in [4.78, 5) is 0. The first-order valence-electron chi connectivity index (χ1n) is 6.30. The molecule has 96 valence electrons. The maximum absolute atomic E-state index is 3.50. The molecule has 0 saturated carbocycles. The van der Waals surface area contributed by atoms with Crippen LogP contribution in [0.25, 0.3) is 0 Å². The third-order valence-electron chi connectivity index (χ3n) is 2.63. The van der Waals surface area contributed by atoms with Crippen LogP contribution in [0.5, 0.6) is 0 Å². The Kier molecular flexibility index (Phi) is 7.63. The molecule has 0 aromatic carbocycles. The third-order valence-corrected chi connectivity index (χ3v) is 2.63. The van der Waals surface area contributed by atoms with Gasteiger partial charge in [0.2, 0.25) is 0 Å². The second-order valence-electron chi connectivity index (χ2n) is 4.04. The van der Waals surface area contributed by atoms with Gasteiger partial charge in [-0.2, -0.15) is 0 Å². The monoisotopic (exact) mass is 236 g/mol. The average molecular weight is 236 g/mol. The lowest BCUT2D eigenvalue weighted by atomic mass is 10.2. The minimum Gasteiger partial charge on any atom is -0.302 e. The van der Waals surface area contributed by atoms with Gasteiger partial charge in [0.15, 0.2) is 0 Å². The topological polar surface area (TPSA) is 48.1 Å². The van der Waals surface area contributed by atoms with E-state index in [-0.39, 0.29) is 12.3 Å². The van der Waals surface area contributed by atoms with Crippen LogP contribution < -0.4 is 21.5 Å². The molecule has 0 aromatic heterocycles. The molecule has 0 fully saturated rings. The summed E-state index contributed by atoms with van der Waals surface area (Å²) in [6.45, 7) is 2.82. The fraction of sp³-hybridized carbons (Fsp3) is 0.615. The Morgan fingerprint density at radius 2 is 2.35 bits per heavy atom. The van der Waals surface area contributed by atoms with Crippen molar-refractivity contribution < 1.29 is 0 Å². The third kappa shape index (κ3) is 6.41. The maximum atomic E-state index is 3.50. The minimum absolute atomic E-state index is 0.202. The van der Waals surface area contributed by atoms with Crippen LogP contribution in [0, 0.1) is 0 Å². The van der Waals surface area contributed by atoms with E-state index in [0.29, 0.717) is 0 Å². The molecule has 0 bridgehead atoms. The number of hydrogen-bond donors (Lipinski definition) is 4. The molecule has 17 heavy (non-hydrogen) atoms. The van der Waals surface area contributed by atoms with Crippen molar-refractivity contribution in [3.8, 4) is 0 Å². The van der Waals surface area contributed by atoms with Gasteiger partial charge in [-0.3, -0.25) is 10.7 Å². The Morgan fingerprint density at radius 1 is 1.47 bits per heavy atom. The van der Waals surface area contributed by atoms with Gasteiger partial charge in [-0.25, -0.2) is 5.43 Å². The van der Waals surface area contributed by atoms with E-state index in [1.54, 1.807) is 0 Å². The summed E-state index contributed by atoms with van der Waals surface area (Å²) in [6.07, 6.45) is 12.1. The van der Waals surface area contributed by atoms with Crippen LogP contribution in [0.2, 0.25) is 0 Å². The summed E-state index contributed by atoms with van der Waals surface area (Å²) >= 11 is 0. The molecule has 0 saturated heterocycles. The van der Waals surface area contributed by atoms with Crippen LogP contribution >= 0.6 is 0 Å². The van der Waals surface area contributed by atoms with Gasteiger partial charge in [-0.15, -0.1) is 5.73 Å². The first kappa shape index (κ1) is 14.2. The zero-order valence-electron chi connectivity index (χ0n) is 10.8. The van der Waals surface area contributed by atoms with Crippen molar-refractivity contribution in [2.24, 2.45) is 0 Å². The number of hydrogen-bond acceptors (Lipinski definition) is 4. The number of rotatable bonds is 4. The van der Waals surface area contributed by atoms with E-state index in [9.17, 15) is 0 Å². The number of likely N-dealkylation sites (N-methyl/N-ethyl adjacent to an activating group) is 1. The molecule has 1 heterocycles. The fourth-order valence-corrected chi connectivity index (χ4v) is 1.72. The highest BCUT2D eigenvalue weighted by atomic mass is 15.4. The Hall–Kier alpha value is -0.900. The summed E-state index contributed by atoms with van der Waals surface area (Å²) in [5.41, 5.74) is 9.61. The Morgan fingerprint density at radius 3 is 3.12 bits per heavy atom. The van der Waals surface area contributed by atoms with Crippen LogP contribution in [-0.4, -0.2) is 25.9 Å². The summed E-state index contributed by atoms with van der Waals surface area (Å²) in [5, 5.41) is 6.72. The Balaban J connectivity index is 2.42. The molecule has 2 unspecified atom stereocenters. The predicted octanol–water partition coefficient (Wildman–Crippen LogP) is 1.01. The quantitative estimate of drug-likeness (QED) is 0.334. The van der Waals surface area contributed by atoms with Crippen molar-refractivity contribution in [2.45, 2.75) is 38.5 Å². The molecule has 4 N–H and O–H groups in total. The highest BCUT2D eigenvalue weighted by Crippen LogP contribution is 2.01. The Labute approximate surface area is 104 Å². The van der Waals surface area contributed by atoms with Crippen molar-refractivity contribution in [1.29, 1.82) is 0 Å². The Bertz CT molecular complexity index is 265. The van der Waals surface area contributed by atoms with Crippen molar-refractivity contribution in [3.05, 3.63) is 30.0 Å². The van der Waals surface area contributed by atoms with Gasteiger partial charge in [0, 0.05) is 6.54 Å². The molecule has 0 radical (unpaired) electrons. The minimum atomic E-state index is 0.202. The SMILES string of the molecule is CC=CC(NC)NC1CCCC=C=CCNN1. The van der Waals surface area contributed by atoms with Crippen LogP contribution in [0.1, 0.15) is 26.2 Å². The summed E-state index contributed by atoms with van der Waals surface area (Å²) in [6, 6.07) is 0. The van der Waals surface area contributed by atoms with E-state index in [1.807, 2.05) is 26.1 Å². The molecular formula is C13H24N4. The van der Waals surface area contributed by atoms with Crippen molar-refractivity contribution >= 4 is 0 Å². The molecular weight excluding hydrogens is 212 g/mol. The number of hydrazine groups is 1. The second kappa shape index (κ2) is 9.16. The van der Waals surface area contributed by atoms with Gasteiger partial charge in [-0.1, -0.05) is 12.2 Å². The lowest BCUT2D eigenvalue weighted by Crippen LogP contribution is -2.55. The number of allylic oxidation sites excluding steroid dienone is 1. The predicted molar refractivity (Wildman–Crippen MR) is 72.2 cm³/mol. The van der Waals surface area contributed by atoms with Crippen LogP contribution in [0.3, 0.4) is 0 Å². The molecule has 4 heteroatoms. The van der Waals surface area contributed by atoms with E-state index in [4.69, 9.17) is 0 Å². The van der Waals surface area contributed by atoms with E-state index >= 15 is 0 Å². The molecule has 0 aliphatic carbocycles. The number of nitrogens with one attached hydrogen (secondary N) is 4. The molecule has 0 amide bonds. The highest BCUT2D eigenvalue weighted by molar-refractivity contribution is 4.91. The van der Waals surface area contributed by atoms with E-state index < -0.39 is 0 Å². The van der Waals surface area contributed by atoms with Gasteiger partial charge in [0.1, 0.15) is 0 Å². The molecule has 4 nitrogen and oxygen atoms in total. The first-order valence-corrected chi connectivity index (χ1v) is 6.30. The van der Waals surface area contributed by atoms with E-state index in [1.165, 1.54) is 0 Å². The second-order valence-corrected chi connectivity index (χ2v) is 4.04. The average Bonchev–Trinajstić information content (AvgIpc) is 2.36. The van der Waals surface area contributed by atoms with Crippen LogP contribution in [0.15, 0.2) is 30.0 Å². The normalized spacial score (nSPS) is 24.0. The van der Waals surface area contributed by atoms with Crippen molar-refractivity contribution in [2.75, 3.05) is 13.6 Å². The smallest absolute Gasteiger partial charge is 0.0773 e. The standard InChI is InChI=1S/C13H24N4/c1-3-9-12(14-2)16-13-10-7-5-4-6-8-11-15-17-13/h3-4,8-9,12-17H,5,7,10-11H2,1-2H3. The zero-order chi connectivity index (χ0) is 12.3. The van der Waals surface area contributed by atoms with Gasteiger partial charge in [0.25, 0.3) is 0 Å². The van der Waals surface area contributed by atoms with Crippen LogP contribution in [0.4, 0.5) is 0 Å². The lowest BCUT2D eigenvalue weighted by molar-refractivity contribution is 0.322. The van der Waals surface area contributed by atoms with E-state index in [0.717, 1.165) is 25.8 Å². The zero-order valence-corrected chi connectivity index (χ0v) is 10.8. The van der Waals surface area contributed by atoms with E-state index in [2.05, 4.69) is 39.4 Å². The first-order chi connectivity index (χ1) is 8.36. The lowest BCUT2D eigenvalue weighted by Gasteiger charge is -2.25. The van der Waals surface area contributed by atoms with Gasteiger partial charge in [-0.05, 0) is 45.4 Å². The molecule has 1 aliphatic rings.